The van der Waals surface area contributed by atoms with Crippen LogP contribution in [0, 0.1) is 0 Å². The molecule has 1 atom stereocenters. The summed E-state index contributed by atoms with van der Waals surface area (Å²) in [5.41, 5.74) is 2.07. The smallest absolute Gasteiger partial charge is 0.261 e. The summed E-state index contributed by atoms with van der Waals surface area (Å²) in [5, 5.41) is 3.47. The van der Waals surface area contributed by atoms with E-state index in [1.54, 1.807) is 30.2 Å². The second-order valence-electron chi connectivity index (χ2n) is 7.39. The number of likely N-dealkylation sites (tertiary alicyclic amines) is 1. The van der Waals surface area contributed by atoms with Crippen molar-refractivity contribution in [3.63, 3.8) is 0 Å². The lowest BCUT2D eigenvalue weighted by Gasteiger charge is -2.34. The Bertz CT molecular complexity index is 971. The van der Waals surface area contributed by atoms with Gasteiger partial charge < -0.3 is 15.0 Å². The van der Waals surface area contributed by atoms with E-state index in [4.69, 9.17) is 4.74 Å². The molecule has 0 aliphatic carbocycles. The van der Waals surface area contributed by atoms with Gasteiger partial charge in [-0.1, -0.05) is 0 Å². The number of nitrogens with one attached hydrogen (secondary N) is 1. The number of amides is 3. The molecule has 3 amide bonds. The maximum Gasteiger partial charge on any atom is 0.261 e. The molecule has 0 saturated carbocycles. The Morgan fingerprint density at radius 1 is 1.07 bits per heavy atom. The lowest BCUT2D eigenvalue weighted by atomic mass is 10.0. The third-order valence-corrected chi connectivity index (χ3v) is 5.51. The lowest BCUT2D eigenvalue weighted by molar-refractivity contribution is 0.0691. The molecule has 7 nitrogen and oxygen atoms in total. The van der Waals surface area contributed by atoms with Gasteiger partial charge in [0, 0.05) is 37.4 Å². The molecule has 4 rings (SSSR count). The number of fused-ring (bicyclic) bond motifs is 1. The molecule has 1 saturated heterocycles. The van der Waals surface area contributed by atoms with Crippen LogP contribution in [0.3, 0.4) is 0 Å². The van der Waals surface area contributed by atoms with Crippen LogP contribution in [-0.2, 0) is 0 Å². The number of carbonyl (C=O) groups is 3. The lowest BCUT2D eigenvalue weighted by Crippen LogP contribution is -2.45. The third-order valence-electron chi connectivity index (χ3n) is 5.51. The molecule has 0 bridgehead atoms. The van der Waals surface area contributed by atoms with Crippen molar-refractivity contribution in [1.29, 1.82) is 0 Å². The Labute approximate surface area is 169 Å². The van der Waals surface area contributed by atoms with Crippen molar-refractivity contribution in [1.82, 2.24) is 9.80 Å². The van der Waals surface area contributed by atoms with Gasteiger partial charge in [0.2, 0.25) is 0 Å². The Morgan fingerprint density at radius 2 is 1.79 bits per heavy atom. The first kappa shape index (κ1) is 19.0. The van der Waals surface area contributed by atoms with Gasteiger partial charge in [-0.15, -0.1) is 0 Å². The summed E-state index contributed by atoms with van der Waals surface area (Å²) in [5.74, 6) is -0.0156. The standard InChI is InChI=1S/C22H23N3O4/c1-24-21(27)18-10-5-14(12-19(18)22(24)28)20(26)25-11-3-4-16(13-25)23-15-6-8-17(29-2)9-7-15/h5-10,12,16,23H,3-4,11,13H2,1-2H3. The van der Waals surface area contributed by atoms with E-state index < -0.39 is 0 Å². The number of piperidine rings is 1. The molecule has 2 aliphatic heterocycles. The highest BCUT2D eigenvalue weighted by molar-refractivity contribution is 6.21. The van der Waals surface area contributed by atoms with Gasteiger partial charge in [-0.25, -0.2) is 0 Å². The molecule has 2 aromatic carbocycles. The van der Waals surface area contributed by atoms with Crippen LogP contribution in [0.5, 0.6) is 5.75 Å². The first-order chi connectivity index (χ1) is 14.0. The maximum atomic E-state index is 13.0. The monoisotopic (exact) mass is 393 g/mol. The molecule has 7 heteroatoms. The van der Waals surface area contributed by atoms with Crippen molar-refractivity contribution < 1.29 is 19.1 Å². The molecule has 1 N–H and O–H groups in total. The molecule has 0 radical (unpaired) electrons. The Balaban J connectivity index is 1.46. The van der Waals surface area contributed by atoms with Crippen molar-refractivity contribution in [2.24, 2.45) is 0 Å². The van der Waals surface area contributed by atoms with Crippen molar-refractivity contribution in [3.05, 3.63) is 59.2 Å². The molecular formula is C22H23N3O4. The fourth-order valence-electron chi connectivity index (χ4n) is 3.88. The predicted molar refractivity (Wildman–Crippen MR) is 108 cm³/mol. The van der Waals surface area contributed by atoms with Crippen LogP contribution in [0.4, 0.5) is 5.69 Å². The number of nitrogens with zero attached hydrogens (tertiary/aromatic N) is 2. The first-order valence-corrected chi connectivity index (χ1v) is 9.64. The van der Waals surface area contributed by atoms with Crippen molar-refractivity contribution in [3.8, 4) is 5.75 Å². The van der Waals surface area contributed by atoms with E-state index in [0.29, 0.717) is 29.8 Å². The number of anilines is 1. The average molecular weight is 393 g/mol. The molecule has 2 aromatic rings. The number of ether oxygens (including phenoxy) is 1. The summed E-state index contributed by atoms with van der Waals surface area (Å²) in [6, 6.07) is 12.6. The van der Waals surface area contributed by atoms with Crippen molar-refractivity contribution in [2.75, 3.05) is 32.6 Å². The van der Waals surface area contributed by atoms with Gasteiger partial charge in [0.25, 0.3) is 17.7 Å². The highest BCUT2D eigenvalue weighted by Crippen LogP contribution is 2.25. The van der Waals surface area contributed by atoms with Crippen LogP contribution >= 0.6 is 0 Å². The van der Waals surface area contributed by atoms with Gasteiger partial charge in [0.05, 0.1) is 18.2 Å². The average Bonchev–Trinajstić information content (AvgIpc) is 2.97. The van der Waals surface area contributed by atoms with E-state index in [1.807, 2.05) is 24.3 Å². The minimum Gasteiger partial charge on any atom is -0.497 e. The zero-order valence-electron chi connectivity index (χ0n) is 16.5. The second-order valence-corrected chi connectivity index (χ2v) is 7.39. The second kappa shape index (κ2) is 7.58. The molecule has 1 fully saturated rings. The van der Waals surface area contributed by atoms with Crippen molar-refractivity contribution >= 4 is 23.4 Å². The molecule has 150 valence electrons. The number of methoxy groups -OCH3 is 1. The molecule has 0 spiro atoms. The third kappa shape index (κ3) is 3.55. The van der Waals surface area contributed by atoms with Gasteiger partial charge in [-0.05, 0) is 55.3 Å². The minimum absolute atomic E-state index is 0.121. The number of carbonyl (C=O) groups excluding carboxylic acids is 3. The predicted octanol–water partition coefficient (Wildman–Crippen LogP) is 2.64. The van der Waals surface area contributed by atoms with Crippen LogP contribution < -0.4 is 10.1 Å². The fraction of sp³-hybridized carbons (Fsp3) is 0.318. The number of imide groups is 1. The Kier molecular flexibility index (Phi) is 4.96. The zero-order chi connectivity index (χ0) is 20.5. The minimum atomic E-state index is -0.364. The van der Waals surface area contributed by atoms with Gasteiger partial charge in [-0.2, -0.15) is 0 Å². The van der Waals surface area contributed by atoms with E-state index in [2.05, 4.69) is 5.32 Å². The van der Waals surface area contributed by atoms with Crippen LogP contribution in [0.2, 0.25) is 0 Å². The van der Waals surface area contributed by atoms with Gasteiger partial charge in [0.1, 0.15) is 5.75 Å². The quantitative estimate of drug-likeness (QED) is 0.808. The Hall–Kier alpha value is -3.35. The molecule has 2 heterocycles. The van der Waals surface area contributed by atoms with Crippen LogP contribution in [-0.4, -0.2) is 60.8 Å². The summed E-state index contributed by atoms with van der Waals surface area (Å²) in [6.45, 7) is 1.25. The molecule has 2 aliphatic rings. The first-order valence-electron chi connectivity index (χ1n) is 9.64. The number of rotatable bonds is 4. The van der Waals surface area contributed by atoms with Crippen LogP contribution in [0.1, 0.15) is 43.9 Å². The topological polar surface area (TPSA) is 79.0 Å². The summed E-state index contributed by atoms with van der Waals surface area (Å²) < 4.78 is 5.18. The van der Waals surface area contributed by atoms with Crippen molar-refractivity contribution in [2.45, 2.75) is 18.9 Å². The van der Waals surface area contributed by atoms with E-state index in [-0.39, 0.29) is 23.8 Å². The van der Waals surface area contributed by atoms with Gasteiger partial charge >= 0.3 is 0 Å². The molecule has 1 unspecified atom stereocenters. The van der Waals surface area contributed by atoms with E-state index in [0.717, 1.165) is 29.2 Å². The molecular weight excluding hydrogens is 370 g/mol. The zero-order valence-corrected chi connectivity index (χ0v) is 16.5. The summed E-state index contributed by atoms with van der Waals surface area (Å²) in [4.78, 5) is 40.2. The van der Waals surface area contributed by atoms with E-state index >= 15 is 0 Å². The fourth-order valence-corrected chi connectivity index (χ4v) is 3.88. The summed E-state index contributed by atoms with van der Waals surface area (Å²) in [6.07, 6.45) is 1.86. The number of hydrogen-bond donors (Lipinski definition) is 1. The highest BCUT2D eigenvalue weighted by atomic mass is 16.5. The van der Waals surface area contributed by atoms with E-state index in [1.165, 1.54) is 7.05 Å². The highest BCUT2D eigenvalue weighted by Gasteiger charge is 2.34. The summed E-state index contributed by atoms with van der Waals surface area (Å²) >= 11 is 0. The normalized spacial score (nSPS) is 18.6. The SMILES string of the molecule is COc1ccc(NC2CCCN(C(=O)c3ccc4c(c3)C(=O)N(C)C4=O)C2)cc1. The van der Waals surface area contributed by atoms with Crippen LogP contribution in [0.15, 0.2) is 42.5 Å². The molecule has 29 heavy (non-hydrogen) atoms. The molecule has 0 aromatic heterocycles. The summed E-state index contributed by atoms with van der Waals surface area (Å²) in [7, 11) is 3.08. The van der Waals surface area contributed by atoms with Crippen LogP contribution in [0.25, 0.3) is 0 Å². The van der Waals surface area contributed by atoms with Gasteiger partial charge in [0.15, 0.2) is 0 Å². The Morgan fingerprint density at radius 3 is 2.52 bits per heavy atom. The largest absolute Gasteiger partial charge is 0.497 e. The maximum absolute atomic E-state index is 13.0. The van der Waals surface area contributed by atoms with E-state index in [9.17, 15) is 14.4 Å². The number of benzene rings is 2. The van der Waals surface area contributed by atoms with Gasteiger partial charge in [-0.3, -0.25) is 19.3 Å². The number of hydrogen-bond acceptors (Lipinski definition) is 5.